The van der Waals surface area contributed by atoms with Crippen LogP contribution in [-0.4, -0.2) is 46.7 Å². The van der Waals surface area contributed by atoms with Gasteiger partial charge in [0.15, 0.2) is 5.78 Å². The fraction of sp³-hybridized carbons (Fsp3) is 0.650. The highest BCUT2D eigenvalue weighted by molar-refractivity contribution is 6.06. The van der Waals surface area contributed by atoms with Gasteiger partial charge in [0, 0.05) is 24.2 Å². The van der Waals surface area contributed by atoms with Crippen molar-refractivity contribution >= 4 is 17.7 Å². The molecule has 0 aliphatic heterocycles. The summed E-state index contributed by atoms with van der Waals surface area (Å²) in [4.78, 5) is 42.2. The van der Waals surface area contributed by atoms with Crippen LogP contribution in [-0.2, 0) is 9.53 Å². The number of nitrogens with zero attached hydrogens (tertiary/aromatic N) is 1. The summed E-state index contributed by atoms with van der Waals surface area (Å²) in [7, 11) is 0. The second-order valence-electron chi connectivity index (χ2n) is 7.01. The van der Waals surface area contributed by atoms with Gasteiger partial charge >= 0.3 is 5.97 Å². The van der Waals surface area contributed by atoms with E-state index < -0.39 is 12.0 Å². The lowest BCUT2D eigenvalue weighted by molar-refractivity contribution is -0.132. The van der Waals surface area contributed by atoms with E-state index in [9.17, 15) is 14.4 Å². The lowest BCUT2D eigenvalue weighted by Gasteiger charge is -2.29. The number of hydrogen-bond acceptors (Lipinski definition) is 4. The van der Waals surface area contributed by atoms with Gasteiger partial charge in [0.1, 0.15) is 5.69 Å². The highest BCUT2D eigenvalue weighted by Crippen LogP contribution is 2.22. The number of Topliss-reactive ketones (excluding diaryl/α,β-unsaturated/α-hetero) is 1. The number of ketones is 1. The standard InChI is InChI=1S/C20H32N2O4/c1-8-16(23)22(11-10-12(3)4)15(7)19(24)17-13(5)18(21-14(17)6)20(25)26-9-2/h12,15,21H,8-11H2,1-7H3. The van der Waals surface area contributed by atoms with Crippen LogP contribution in [0.25, 0.3) is 0 Å². The van der Waals surface area contributed by atoms with E-state index in [0.717, 1.165) is 6.42 Å². The predicted molar refractivity (Wildman–Crippen MR) is 101 cm³/mol. The van der Waals surface area contributed by atoms with Crippen LogP contribution in [0.4, 0.5) is 0 Å². The largest absolute Gasteiger partial charge is 0.461 e. The molecule has 1 heterocycles. The number of amides is 1. The monoisotopic (exact) mass is 364 g/mol. The molecule has 0 aliphatic rings. The van der Waals surface area contributed by atoms with Crippen molar-refractivity contribution in [2.75, 3.05) is 13.2 Å². The molecule has 1 aromatic rings. The van der Waals surface area contributed by atoms with Crippen molar-refractivity contribution in [2.24, 2.45) is 5.92 Å². The molecule has 1 aromatic heterocycles. The third kappa shape index (κ3) is 4.96. The van der Waals surface area contributed by atoms with E-state index in [0.29, 0.717) is 41.4 Å². The van der Waals surface area contributed by atoms with E-state index in [1.165, 1.54) is 0 Å². The second-order valence-corrected chi connectivity index (χ2v) is 7.01. The molecule has 0 bridgehead atoms. The molecule has 1 rings (SSSR count). The summed E-state index contributed by atoms with van der Waals surface area (Å²) >= 11 is 0. The molecule has 146 valence electrons. The Morgan fingerprint density at radius 3 is 2.23 bits per heavy atom. The summed E-state index contributed by atoms with van der Waals surface area (Å²) in [5.41, 5.74) is 1.97. The minimum absolute atomic E-state index is 0.0389. The number of aromatic nitrogens is 1. The van der Waals surface area contributed by atoms with Crippen LogP contribution in [0.3, 0.4) is 0 Å². The molecular weight excluding hydrogens is 332 g/mol. The maximum atomic E-state index is 13.1. The van der Waals surface area contributed by atoms with Crippen molar-refractivity contribution in [3.63, 3.8) is 0 Å². The quantitative estimate of drug-likeness (QED) is 0.536. The number of aromatic amines is 1. The topological polar surface area (TPSA) is 79.5 Å². The van der Waals surface area contributed by atoms with E-state index in [1.54, 1.807) is 39.5 Å². The van der Waals surface area contributed by atoms with E-state index in [1.807, 2.05) is 0 Å². The van der Waals surface area contributed by atoms with Gasteiger partial charge in [0.2, 0.25) is 5.91 Å². The third-order valence-corrected chi connectivity index (χ3v) is 4.58. The van der Waals surface area contributed by atoms with Crippen LogP contribution in [0.5, 0.6) is 0 Å². The van der Waals surface area contributed by atoms with Crippen molar-refractivity contribution in [1.82, 2.24) is 9.88 Å². The van der Waals surface area contributed by atoms with Crippen molar-refractivity contribution in [3.05, 3.63) is 22.5 Å². The van der Waals surface area contributed by atoms with Gasteiger partial charge in [-0.15, -0.1) is 0 Å². The van der Waals surface area contributed by atoms with Gasteiger partial charge in [-0.25, -0.2) is 4.79 Å². The number of aryl methyl sites for hydroxylation is 1. The first-order valence-electron chi connectivity index (χ1n) is 9.35. The zero-order valence-electron chi connectivity index (χ0n) is 17.1. The Bertz CT molecular complexity index is 661. The Morgan fingerprint density at radius 2 is 1.73 bits per heavy atom. The smallest absolute Gasteiger partial charge is 0.355 e. The van der Waals surface area contributed by atoms with Crippen molar-refractivity contribution in [1.29, 1.82) is 0 Å². The number of nitrogens with one attached hydrogen (secondary N) is 1. The fourth-order valence-electron chi connectivity index (χ4n) is 3.01. The van der Waals surface area contributed by atoms with Gasteiger partial charge in [-0.1, -0.05) is 20.8 Å². The summed E-state index contributed by atoms with van der Waals surface area (Å²) in [6.07, 6.45) is 1.19. The summed E-state index contributed by atoms with van der Waals surface area (Å²) in [5, 5.41) is 0. The molecule has 6 heteroatoms. The lowest BCUT2D eigenvalue weighted by atomic mass is 9.99. The van der Waals surface area contributed by atoms with E-state index >= 15 is 0 Å². The number of hydrogen-bond donors (Lipinski definition) is 1. The molecule has 0 saturated carbocycles. The molecule has 0 fully saturated rings. The molecule has 0 aliphatic carbocycles. The van der Waals surface area contributed by atoms with Gasteiger partial charge in [-0.2, -0.15) is 0 Å². The summed E-state index contributed by atoms with van der Waals surface area (Å²) in [6.45, 7) is 13.8. The predicted octanol–water partition coefficient (Wildman–Crippen LogP) is 3.66. The summed E-state index contributed by atoms with van der Waals surface area (Å²) < 4.78 is 5.04. The maximum absolute atomic E-state index is 13.1. The van der Waals surface area contributed by atoms with Crippen LogP contribution in [0, 0.1) is 19.8 Å². The SMILES string of the molecule is CCOC(=O)c1[nH]c(C)c(C(=O)C(C)N(CCC(C)C)C(=O)CC)c1C. The van der Waals surface area contributed by atoms with E-state index in [2.05, 4.69) is 18.8 Å². The van der Waals surface area contributed by atoms with Crippen LogP contribution in [0.1, 0.15) is 79.6 Å². The average molecular weight is 364 g/mol. The molecule has 1 atom stereocenters. The zero-order chi connectivity index (χ0) is 20.0. The van der Waals surface area contributed by atoms with Gasteiger partial charge in [-0.3, -0.25) is 9.59 Å². The third-order valence-electron chi connectivity index (χ3n) is 4.58. The Labute approximate surface area is 156 Å². The number of H-pyrrole nitrogens is 1. The minimum atomic E-state index is -0.579. The summed E-state index contributed by atoms with van der Waals surface area (Å²) in [6, 6.07) is -0.579. The number of carbonyl (C=O) groups is 3. The fourth-order valence-corrected chi connectivity index (χ4v) is 3.01. The van der Waals surface area contributed by atoms with Crippen LogP contribution < -0.4 is 0 Å². The van der Waals surface area contributed by atoms with Gasteiger partial charge in [0.05, 0.1) is 12.6 Å². The lowest BCUT2D eigenvalue weighted by Crippen LogP contribution is -2.44. The van der Waals surface area contributed by atoms with Crippen molar-refractivity contribution in [2.45, 2.75) is 67.3 Å². The molecule has 0 radical (unpaired) electrons. The van der Waals surface area contributed by atoms with E-state index in [-0.39, 0.29) is 18.3 Å². The Kier molecular flexibility index (Phi) is 8.06. The second kappa shape index (κ2) is 9.55. The Balaban J connectivity index is 3.16. The molecular formula is C20H32N2O4. The molecule has 1 unspecified atom stereocenters. The van der Waals surface area contributed by atoms with Crippen LogP contribution >= 0.6 is 0 Å². The van der Waals surface area contributed by atoms with E-state index in [4.69, 9.17) is 4.74 Å². The maximum Gasteiger partial charge on any atom is 0.355 e. The van der Waals surface area contributed by atoms with Gasteiger partial charge < -0.3 is 14.6 Å². The normalized spacial score (nSPS) is 12.2. The molecule has 0 spiro atoms. The first-order chi connectivity index (χ1) is 12.1. The van der Waals surface area contributed by atoms with Crippen molar-refractivity contribution in [3.8, 4) is 0 Å². The van der Waals surface area contributed by atoms with Crippen LogP contribution in [0.15, 0.2) is 0 Å². The number of carbonyl (C=O) groups excluding carboxylic acids is 3. The molecule has 6 nitrogen and oxygen atoms in total. The van der Waals surface area contributed by atoms with Crippen molar-refractivity contribution < 1.29 is 19.1 Å². The summed E-state index contributed by atoms with van der Waals surface area (Å²) in [5.74, 6) is -0.225. The number of ether oxygens (including phenoxy) is 1. The van der Waals surface area contributed by atoms with Gasteiger partial charge in [0.25, 0.3) is 0 Å². The average Bonchev–Trinajstić information content (AvgIpc) is 2.88. The van der Waals surface area contributed by atoms with Crippen LogP contribution in [0.2, 0.25) is 0 Å². The highest BCUT2D eigenvalue weighted by Gasteiger charge is 2.30. The number of esters is 1. The molecule has 26 heavy (non-hydrogen) atoms. The molecule has 0 saturated heterocycles. The zero-order valence-corrected chi connectivity index (χ0v) is 17.1. The first-order valence-corrected chi connectivity index (χ1v) is 9.35. The number of rotatable bonds is 9. The molecule has 1 N–H and O–H groups in total. The molecule has 1 amide bonds. The van der Waals surface area contributed by atoms with Gasteiger partial charge in [-0.05, 0) is 45.6 Å². The molecule has 0 aromatic carbocycles. The first kappa shape index (κ1) is 21.9. The Hall–Kier alpha value is -2.11. The highest BCUT2D eigenvalue weighted by atomic mass is 16.5. The Morgan fingerprint density at radius 1 is 1.12 bits per heavy atom. The minimum Gasteiger partial charge on any atom is -0.461 e.